The zero-order chi connectivity index (χ0) is 18.2. The van der Waals surface area contributed by atoms with Gasteiger partial charge in [0.15, 0.2) is 5.78 Å². The first kappa shape index (κ1) is 19.0. The van der Waals surface area contributed by atoms with Gasteiger partial charge in [-0.25, -0.2) is 0 Å². The van der Waals surface area contributed by atoms with Crippen molar-refractivity contribution in [2.24, 2.45) is 0 Å². The van der Waals surface area contributed by atoms with Crippen LogP contribution in [-0.4, -0.2) is 36.9 Å². The molecule has 0 spiro atoms. The number of allylic oxidation sites excluding steroid dienone is 5. The van der Waals surface area contributed by atoms with Gasteiger partial charge in [0.2, 0.25) is 0 Å². The number of carbonyl (C=O) groups excluding carboxylic acids is 1. The number of anilines is 1. The molecule has 0 aliphatic heterocycles. The average molecular weight is 338 g/mol. The van der Waals surface area contributed by atoms with Crippen molar-refractivity contribution in [3.8, 4) is 0 Å². The predicted molar refractivity (Wildman–Crippen MR) is 107 cm³/mol. The number of ketones is 1. The molecule has 25 heavy (non-hydrogen) atoms. The van der Waals surface area contributed by atoms with Gasteiger partial charge in [-0.15, -0.1) is 0 Å². The molecular weight excluding hydrogens is 308 g/mol. The van der Waals surface area contributed by atoms with E-state index in [1.807, 2.05) is 30.3 Å². The smallest absolute Gasteiger partial charge is 0.189 e. The SMILES string of the molecule is CCN(CC)C1=CC=C(C(=O)c2ccc(N(CC)CC)cc2)CC=C1. The Morgan fingerprint density at radius 3 is 2.04 bits per heavy atom. The van der Waals surface area contributed by atoms with Crippen molar-refractivity contribution < 1.29 is 4.79 Å². The molecule has 0 bridgehead atoms. The standard InChI is InChI=1S/C22H30N2O/c1-5-23(6-2)20-11-9-10-18(12-15-20)22(25)19-13-16-21(17-14-19)24(7-3)8-4/h9,11-17H,5-8,10H2,1-4H3. The van der Waals surface area contributed by atoms with Crippen LogP contribution in [0.15, 0.2) is 59.8 Å². The van der Waals surface area contributed by atoms with Crippen LogP contribution in [0.25, 0.3) is 0 Å². The molecule has 0 aromatic heterocycles. The van der Waals surface area contributed by atoms with Gasteiger partial charge in [0.1, 0.15) is 0 Å². The molecule has 3 nitrogen and oxygen atoms in total. The van der Waals surface area contributed by atoms with E-state index in [4.69, 9.17) is 0 Å². The van der Waals surface area contributed by atoms with Gasteiger partial charge in [0, 0.05) is 48.7 Å². The molecule has 0 saturated heterocycles. The number of nitrogens with zero attached hydrogens (tertiary/aromatic N) is 2. The van der Waals surface area contributed by atoms with Gasteiger partial charge in [-0.3, -0.25) is 4.79 Å². The maximum absolute atomic E-state index is 12.8. The lowest BCUT2D eigenvalue weighted by Gasteiger charge is -2.21. The first-order valence-electron chi connectivity index (χ1n) is 9.36. The van der Waals surface area contributed by atoms with Gasteiger partial charge in [-0.1, -0.05) is 12.2 Å². The van der Waals surface area contributed by atoms with E-state index in [-0.39, 0.29) is 5.78 Å². The summed E-state index contributed by atoms with van der Waals surface area (Å²) in [5.74, 6) is 0.118. The summed E-state index contributed by atoms with van der Waals surface area (Å²) in [6, 6.07) is 7.98. The summed E-state index contributed by atoms with van der Waals surface area (Å²) in [7, 11) is 0. The number of carbonyl (C=O) groups is 1. The summed E-state index contributed by atoms with van der Waals surface area (Å²) in [5, 5.41) is 0. The Labute approximate surface area is 152 Å². The Morgan fingerprint density at radius 2 is 1.48 bits per heavy atom. The van der Waals surface area contributed by atoms with Crippen molar-refractivity contribution in [1.29, 1.82) is 0 Å². The van der Waals surface area contributed by atoms with E-state index in [0.717, 1.165) is 37.3 Å². The van der Waals surface area contributed by atoms with Gasteiger partial charge < -0.3 is 9.80 Å². The molecule has 0 atom stereocenters. The Kier molecular flexibility index (Phi) is 7.05. The molecule has 0 N–H and O–H groups in total. The van der Waals surface area contributed by atoms with E-state index in [1.165, 1.54) is 11.4 Å². The third-order valence-corrected chi connectivity index (χ3v) is 4.76. The van der Waals surface area contributed by atoms with Gasteiger partial charge >= 0.3 is 0 Å². The molecule has 1 aliphatic carbocycles. The molecule has 2 rings (SSSR count). The first-order chi connectivity index (χ1) is 12.1. The summed E-state index contributed by atoms with van der Waals surface area (Å²) >= 11 is 0. The predicted octanol–water partition coefficient (Wildman–Crippen LogP) is 4.83. The molecule has 0 amide bonds. The molecule has 0 unspecified atom stereocenters. The Balaban J connectivity index is 2.19. The van der Waals surface area contributed by atoms with E-state index >= 15 is 0 Å². The van der Waals surface area contributed by atoms with Gasteiger partial charge in [-0.05, 0) is 70.5 Å². The normalized spacial score (nSPS) is 13.8. The molecule has 0 radical (unpaired) electrons. The first-order valence-corrected chi connectivity index (χ1v) is 9.36. The topological polar surface area (TPSA) is 23.6 Å². The zero-order valence-corrected chi connectivity index (χ0v) is 16.0. The molecule has 0 saturated carbocycles. The fourth-order valence-corrected chi connectivity index (χ4v) is 3.18. The lowest BCUT2D eigenvalue weighted by Crippen LogP contribution is -2.21. The summed E-state index contributed by atoms with van der Waals surface area (Å²) in [4.78, 5) is 17.4. The monoisotopic (exact) mass is 338 g/mol. The molecule has 1 aromatic rings. The van der Waals surface area contributed by atoms with Crippen LogP contribution in [0.4, 0.5) is 5.69 Å². The van der Waals surface area contributed by atoms with E-state index in [2.05, 4.69) is 55.7 Å². The van der Waals surface area contributed by atoms with Crippen molar-refractivity contribution in [3.05, 3.63) is 65.4 Å². The molecular formula is C22H30N2O. The zero-order valence-electron chi connectivity index (χ0n) is 16.0. The maximum Gasteiger partial charge on any atom is 0.189 e. The highest BCUT2D eigenvalue weighted by atomic mass is 16.1. The highest BCUT2D eigenvalue weighted by Crippen LogP contribution is 2.21. The quantitative estimate of drug-likeness (QED) is 0.634. The number of benzene rings is 1. The average Bonchev–Trinajstić information content (AvgIpc) is 2.90. The third-order valence-electron chi connectivity index (χ3n) is 4.76. The second-order valence-electron chi connectivity index (χ2n) is 6.11. The van der Waals surface area contributed by atoms with E-state index in [9.17, 15) is 4.79 Å². The van der Waals surface area contributed by atoms with Crippen LogP contribution < -0.4 is 4.90 Å². The second-order valence-corrected chi connectivity index (χ2v) is 6.11. The van der Waals surface area contributed by atoms with Crippen molar-refractivity contribution in [1.82, 2.24) is 4.90 Å². The van der Waals surface area contributed by atoms with Crippen LogP contribution in [-0.2, 0) is 0 Å². The van der Waals surface area contributed by atoms with Crippen LogP contribution in [0.1, 0.15) is 44.5 Å². The van der Waals surface area contributed by atoms with Crippen molar-refractivity contribution in [2.75, 3.05) is 31.1 Å². The summed E-state index contributed by atoms with van der Waals surface area (Å²) in [6.07, 6.45) is 8.93. The van der Waals surface area contributed by atoms with Gasteiger partial charge in [-0.2, -0.15) is 0 Å². The summed E-state index contributed by atoms with van der Waals surface area (Å²) in [5.41, 5.74) is 3.94. The van der Waals surface area contributed by atoms with Gasteiger partial charge in [0.05, 0.1) is 0 Å². The molecule has 1 aromatic carbocycles. The number of rotatable bonds is 8. The summed E-state index contributed by atoms with van der Waals surface area (Å²) < 4.78 is 0. The number of hydrogen-bond donors (Lipinski definition) is 0. The highest BCUT2D eigenvalue weighted by molar-refractivity contribution is 6.09. The van der Waals surface area contributed by atoms with E-state index in [0.29, 0.717) is 6.42 Å². The fraction of sp³-hybridized carbons (Fsp3) is 0.409. The van der Waals surface area contributed by atoms with Crippen LogP contribution in [0.3, 0.4) is 0 Å². The summed E-state index contributed by atoms with van der Waals surface area (Å²) in [6.45, 7) is 12.5. The van der Waals surface area contributed by atoms with E-state index < -0.39 is 0 Å². The van der Waals surface area contributed by atoms with Crippen molar-refractivity contribution >= 4 is 11.5 Å². The second kappa shape index (κ2) is 9.26. The minimum Gasteiger partial charge on any atom is -0.372 e. The van der Waals surface area contributed by atoms with E-state index in [1.54, 1.807) is 0 Å². The minimum absolute atomic E-state index is 0.118. The highest BCUT2D eigenvalue weighted by Gasteiger charge is 2.13. The number of hydrogen-bond acceptors (Lipinski definition) is 3. The van der Waals surface area contributed by atoms with Crippen LogP contribution >= 0.6 is 0 Å². The molecule has 1 aliphatic rings. The Hall–Kier alpha value is -2.29. The fourth-order valence-electron chi connectivity index (χ4n) is 3.18. The van der Waals surface area contributed by atoms with Crippen LogP contribution in [0.2, 0.25) is 0 Å². The largest absolute Gasteiger partial charge is 0.372 e. The third kappa shape index (κ3) is 4.62. The number of likely N-dealkylation sites (N-methyl/N-ethyl adjacent to an activating group) is 1. The van der Waals surface area contributed by atoms with Crippen molar-refractivity contribution in [3.63, 3.8) is 0 Å². The molecule has 134 valence electrons. The van der Waals surface area contributed by atoms with Crippen LogP contribution in [0, 0.1) is 0 Å². The number of Topliss-reactive ketones (excluding diaryl/α,β-unsaturated/α-hetero) is 1. The van der Waals surface area contributed by atoms with Crippen molar-refractivity contribution in [2.45, 2.75) is 34.1 Å². The Bertz CT molecular complexity index is 660. The maximum atomic E-state index is 12.8. The molecule has 0 fully saturated rings. The Morgan fingerprint density at radius 1 is 0.880 bits per heavy atom. The molecule has 3 heteroatoms. The minimum atomic E-state index is 0.118. The molecule has 0 heterocycles. The van der Waals surface area contributed by atoms with Gasteiger partial charge in [0.25, 0.3) is 0 Å². The van der Waals surface area contributed by atoms with Crippen LogP contribution in [0.5, 0.6) is 0 Å². The lowest BCUT2D eigenvalue weighted by atomic mass is 10.0. The lowest BCUT2D eigenvalue weighted by molar-refractivity contribution is 0.103.